The molecule has 6 nitrogen and oxygen atoms in total. The number of guanidine groups is 1. The number of halogens is 2. The molecule has 3 aromatic rings. The minimum atomic E-state index is 0. The number of hydrogen-bond donors (Lipinski definition) is 2. The Kier molecular flexibility index (Phi) is 9.59. The van der Waals surface area contributed by atoms with Crippen LogP contribution in [0.25, 0.3) is 11.4 Å². The van der Waals surface area contributed by atoms with Gasteiger partial charge in [-0.05, 0) is 36.4 Å². The quantitative estimate of drug-likeness (QED) is 0.155. The van der Waals surface area contributed by atoms with Gasteiger partial charge in [-0.2, -0.15) is 4.98 Å². The number of benzene rings is 2. The molecule has 0 aliphatic heterocycles. The number of aromatic nitrogens is 2. The number of nitrogens with one attached hydrogen (secondary N) is 2. The Balaban J connectivity index is 0.00000280. The smallest absolute Gasteiger partial charge is 0.246 e. The maximum absolute atomic E-state index is 5.90. The number of nitrogens with zero attached hydrogens (tertiary/aromatic N) is 3. The molecular formula is C19H21ClIN5OS. The van der Waals surface area contributed by atoms with Crippen molar-refractivity contribution in [2.24, 2.45) is 4.99 Å². The van der Waals surface area contributed by atoms with Crippen LogP contribution in [0.5, 0.6) is 0 Å². The standard InChI is InChI=1S/C19H20ClN5OS.HI/c1-21-19(22-11-12-27-16-5-3-2-4-6-16)23-13-17-24-18(25-26-17)14-7-9-15(20)10-8-14;/h2-10H,11-13H2,1H3,(H2,21,22,23);1H. The average Bonchev–Trinajstić information content (AvgIpc) is 3.18. The Hall–Kier alpha value is -1.78. The molecule has 0 spiro atoms. The lowest BCUT2D eigenvalue weighted by molar-refractivity contribution is 0.375. The van der Waals surface area contributed by atoms with E-state index in [4.69, 9.17) is 16.1 Å². The molecule has 1 aromatic heterocycles. The monoisotopic (exact) mass is 529 g/mol. The van der Waals surface area contributed by atoms with Gasteiger partial charge in [0.05, 0.1) is 6.54 Å². The molecule has 148 valence electrons. The van der Waals surface area contributed by atoms with Gasteiger partial charge in [0.1, 0.15) is 0 Å². The second-order valence-corrected chi connectivity index (χ2v) is 7.14. The zero-order valence-corrected chi connectivity index (χ0v) is 19.2. The third-order valence-electron chi connectivity index (χ3n) is 3.61. The van der Waals surface area contributed by atoms with Gasteiger partial charge >= 0.3 is 0 Å². The van der Waals surface area contributed by atoms with Crippen molar-refractivity contribution in [2.75, 3.05) is 19.3 Å². The second kappa shape index (κ2) is 11.9. The van der Waals surface area contributed by atoms with E-state index in [-0.39, 0.29) is 24.0 Å². The highest BCUT2D eigenvalue weighted by molar-refractivity contribution is 14.0. The normalized spacial score (nSPS) is 11.0. The van der Waals surface area contributed by atoms with Crippen LogP contribution in [0.3, 0.4) is 0 Å². The van der Waals surface area contributed by atoms with Gasteiger partial charge in [0, 0.05) is 34.8 Å². The van der Waals surface area contributed by atoms with Crippen LogP contribution < -0.4 is 10.6 Å². The summed E-state index contributed by atoms with van der Waals surface area (Å²) >= 11 is 7.69. The van der Waals surface area contributed by atoms with Crippen LogP contribution in [0.1, 0.15) is 5.89 Å². The molecule has 2 aromatic carbocycles. The number of rotatable bonds is 7. The summed E-state index contributed by atoms with van der Waals surface area (Å²) in [4.78, 5) is 9.84. The summed E-state index contributed by atoms with van der Waals surface area (Å²) < 4.78 is 5.28. The summed E-state index contributed by atoms with van der Waals surface area (Å²) in [5, 5.41) is 11.1. The summed E-state index contributed by atoms with van der Waals surface area (Å²) in [5.74, 6) is 2.65. The van der Waals surface area contributed by atoms with Crippen molar-refractivity contribution in [1.29, 1.82) is 0 Å². The van der Waals surface area contributed by atoms with Gasteiger partial charge in [-0.3, -0.25) is 4.99 Å². The fourth-order valence-corrected chi connectivity index (χ4v) is 3.19. The SMILES string of the molecule is CN=C(NCCSc1ccccc1)NCc1nc(-c2ccc(Cl)cc2)no1.I. The van der Waals surface area contributed by atoms with Crippen molar-refractivity contribution in [3.8, 4) is 11.4 Å². The van der Waals surface area contributed by atoms with Crippen LogP contribution in [0.15, 0.2) is 69.0 Å². The Morgan fingerprint density at radius 1 is 1.11 bits per heavy atom. The summed E-state index contributed by atoms with van der Waals surface area (Å²) in [6, 6.07) is 17.6. The Morgan fingerprint density at radius 3 is 2.57 bits per heavy atom. The Bertz CT molecular complexity index is 874. The lowest BCUT2D eigenvalue weighted by atomic mass is 10.2. The van der Waals surface area contributed by atoms with Gasteiger partial charge in [-0.15, -0.1) is 35.7 Å². The molecule has 0 aliphatic carbocycles. The highest BCUT2D eigenvalue weighted by atomic mass is 127. The molecule has 1 heterocycles. The molecule has 0 aliphatic rings. The predicted molar refractivity (Wildman–Crippen MR) is 126 cm³/mol. The van der Waals surface area contributed by atoms with Crippen LogP contribution in [0, 0.1) is 0 Å². The van der Waals surface area contributed by atoms with Gasteiger partial charge in [0.15, 0.2) is 5.96 Å². The largest absolute Gasteiger partial charge is 0.356 e. The topological polar surface area (TPSA) is 75.3 Å². The fraction of sp³-hybridized carbons (Fsp3) is 0.211. The maximum Gasteiger partial charge on any atom is 0.246 e. The lowest BCUT2D eigenvalue weighted by Crippen LogP contribution is -2.38. The van der Waals surface area contributed by atoms with Crippen molar-refractivity contribution < 1.29 is 4.52 Å². The number of aliphatic imine (C=N–C) groups is 1. The zero-order chi connectivity index (χ0) is 18.9. The fourth-order valence-electron chi connectivity index (χ4n) is 2.28. The van der Waals surface area contributed by atoms with Gasteiger partial charge in [0.2, 0.25) is 11.7 Å². The van der Waals surface area contributed by atoms with E-state index in [2.05, 4.69) is 37.9 Å². The first-order valence-corrected chi connectivity index (χ1v) is 9.82. The molecule has 2 N–H and O–H groups in total. The van der Waals surface area contributed by atoms with Crippen LogP contribution >= 0.6 is 47.3 Å². The van der Waals surface area contributed by atoms with E-state index >= 15 is 0 Å². The first-order chi connectivity index (χ1) is 13.2. The molecule has 0 amide bonds. The third kappa shape index (κ3) is 6.99. The molecule has 28 heavy (non-hydrogen) atoms. The van der Waals surface area contributed by atoms with E-state index in [1.165, 1.54) is 4.90 Å². The summed E-state index contributed by atoms with van der Waals surface area (Å²) in [5.41, 5.74) is 0.856. The van der Waals surface area contributed by atoms with E-state index in [9.17, 15) is 0 Å². The van der Waals surface area contributed by atoms with Crippen LogP contribution in [0.4, 0.5) is 0 Å². The van der Waals surface area contributed by atoms with Gasteiger partial charge in [-0.1, -0.05) is 35.0 Å². The van der Waals surface area contributed by atoms with Gasteiger partial charge < -0.3 is 15.2 Å². The van der Waals surface area contributed by atoms with Crippen molar-refractivity contribution >= 4 is 53.3 Å². The van der Waals surface area contributed by atoms with E-state index in [0.717, 1.165) is 17.9 Å². The van der Waals surface area contributed by atoms with Crippen LogP contribution in [-0.2, 0) is 6.54 Å². The highest BCUT2D eigenvalue weighted by Crippen LogP contribution is 2.18. The second-order valence-electron chi connectivity index (χ2n) is 5.53. The minimum Gasteiger partial charge on any atom is -0.356 e. The van der Waals surface area contributed by atoms with Crippen LogP contribution in [0.2, 0.25) is 5.02 Å². The maximum atomic E-state index is 5.90. The number of thioether (sulfide) groups is 1. The molecule has 9 heteroatoms. The van der Waals surface area contributed by atoms with E-state index in [0.29, 0.717) is 29.2 Å². The zero-order valence-electron chi connectivity index (χ0n) is 15.3. The lowest BCUT2D eigenvalue weighted by Gasteiger charge is -2.10. The van der Waals surface area contributed by atoms with Gasteiger partial charge in [0.25, 0.3) is 0 Å². The molecule has 0 saturated heterocycles. The van der Waals surface area contributed by atoms with Crippen molar-refractivity contribution in [3.63, 3.8) is 0 Å². The molecule has 0 unspecified atom stereocenters. The van der Waals surface area contributed by atoms with Crippen molar-refractivity contribution in [1.82, 2.24) is 20.8 Å². The Labute approximate surface area is 190 Å². The van der Waals surface area contributed by atoms with Gasteiger partial charge in [-0.25, -0.2) is 0 Å². The van der Waals surface area contributed by atoms with Crippen LogP contribution in [-0.4, -0.2) is 35.4 Å². The molecule has 3 rings (SSSR count). The highest BCUT2D eigenvalue weighted by Gasteiger charge is 2.09. The Morgan fingerprint density at radius 2 is 1.86 bits per heavy atom. The first-order valence-electron chi connectivity index (χ1n) is 8.45. The molecular weight excluding hydrogens is 509 g/mol. The van der Waals surface area contributed by atoms with E-state index < -0.39 is 0 Å². The molecule has 0 fully saturated rings. The molecule has 0 bridgehead atoms. The average molecular weight is 530 g/mol. The van der Waals surface area contributed by atoms with E-state index in [1.807, 2.05) is 30.3 Å². The minimum absolute atomic E-state index is 0. The molecule has 0 saturated carbocycles. The van der Waals surface area contributed by atoms with E-state index in [1.54, 1.807) is 30.9 Å². The van der Waals surface area contributed by atoms with Crippen molar-refractivity contribution in [3.05, 3.63) is 65.5 Å². The third-order valence-corrected chi connectivity index (χ3v) is 4.87. The number of hydrogen-bond acceptors (Lipinski definition) is 5. The molecule has 0 radical (unpaired) electrons. The predicted octanol–water partition coefficient (Wildman–Crippen LogP) is 4.47. The summed E-state index contributed by atoms with van der Waals surface area (Å²) in [6.45, 7) is 1.19. The molecule has 0 atom stereocenters. The summed E-state index contributed by atoms with van der Waals surface area (Å²) in [7, 11) is 1.73. The first kappa shape index (κ1) is 22.5. The summed E-state index contributed by atoms with van der Waals surface area (Å²) in [6.07, 6.45) is 0. The van der Waals surface area contributed by atoms with Crippen molar-refractivity contribution in [2.45, 2.75) is 11.4 Å².